The summed E-state index contributed by atoms with van der Waals surface area (Å²) in [5, 5.41) is 7.40. The SMILES string of the molecule is O=C(NCCN1CCCCC1)C1CCc2ncc(-c3ccsc3)n2C1. The maximum atomic E-state index is 12.6. The number of nitrogens with zero attached hydrogens (tertiary/aromatic N) is 3. The van der Waals surface area contributed by atoms with Gasteiger partial charge in [0.05, 0.1) is 17.8 Å². The van der Waals surface area contributed by atoms with Gasteiger partial charge in [-0.2, -0.15) is 11.3 Å². The van der Waals surface area contributed by atoms with Gasteiger partial charge in [0.2, 0.25) is 5.91 Å². The Balaban J connectivity index is 1.33. The third-order valence-electron chi connectivity index (χ3n) is 5.42. The number of piperidine rings is 1. The molecule has 1 amide bonds. The minimum Gasteiger partial charge on any atom is -0.355 e. The molecule has 134 valence electrons. The van der Waals surface area contributed by atoms with Crippen LogP contribution < -0.4 is 5.32 Å². The molecule has 2 aliphatic heterocycles. The molecule has 1 unspecified atom stereocenters. The normalized spacial score (nSPS) is 21.0. The van der Waals surface area contributed by atoms with Crippen LogP contribution in [-0.4, -0.2) is 46.5 Å². The average molecular weight is 359 g/mol. The second-order valence-electron chi connectivity index (χ2n) is 7.11. The summed E-state index contributed by atoms with van der Waals surface area (Å²) in [4.78, 5) is 19.6. The summed E-state index contributed by atoms with van der Waals surface area (Å²) in [6, 6.07) is 2.12. The number of amides is 1. The Morgan fingerprint density at radius 1 is 1.32 bits per heavy atom. The number of carbonyl (C=O) groups excluding carboxylic acids is 1. The first kappa shape index (κ1) is 16.8. The third kappa shape index (κ3) is 3.80. The third-order valence-corrected chi connectivity index (χ3v) is 6.10. The molecule has 1 atom stereocenters. The number of thiophene rings is 1. The summed E-state index contributed by atoms with van der Waals surface area (Å²) < 4.78 is 2.24. The molecule has 2 aromatic heterocycles. The molecule has 0 radical (unpaired) electrons. The van der Waals surface area contributed by atoms with E-state index in [0.29, 0.717) is 0 Å². The second kappa shape index (κ2) is 7.70. The number of rotatable bonds is 5. The molecular weight excluding hydrogens is 332 g/mol. The second-order valence-corrected chi connectivity index (χ2v) is 7.89. The smallest absolute Gasteiger partial charge is 0.224 e. The van der Waals surface area contributed by atoms with E-state index in [0.717, 1.165) is 44.0 Å². The molecule has 1 saturated heterocycles. The Morgan fingerprint density at radius 3 is 3.00 bits per heavy atom. The van der Waals surface area contributed by atoms with Crippen molar-refractivity contribution in [1.29, 1.82) is 0 Å². The molecule has 1 fully saturated rings. The van der Waals surface area contributed by atoms with E-state index in [2.05, 4.69) is 36.6 Å². The lowest BCUT2D eigenvalue weighted by atomic mass is 9.98. The maximum Gasteiger partial charge on any atom is 0.224 e. The van der Waals surface area contributed by atoms with Crippen LogP contribution in [0, 0.1) is 5.92 Å². The fraction of sp³-hybridized carbons (Fsp3) is 0.579. The number of imidazole rings is 1. The zero-order valence-electron chi connectivity index (χ0n) is 14.6. The molecule has 0 spiro atoms. The average Bonchev–Trinajstić information content (AvgIpc) is 3.31. The lowest BCUT2D eigenvalue weighted by Crippen LogP contribution is -2.41. The topological polar surface area (TPSA) is 50.2 Å². The van der Waals surface area contributed by atoms with Crippen molar-refractivity contribution >= 4 is 17.2 Å². The molecule has 1 N–H and O–H groups in total. The molecule has 4 rings (SSSR count). The highest BCUT2D eigenvalue weighted by atomic mass is 32.1. The summed E-state index contributed by atoms with van der Waals surface area (Å²) in [5.74, 6) is 1.37. The minimum atomic E-state index is 0.0560. The minimum absolute atomic E-state index is 0.0560. The van der Waals surface area contributed by atoms with Crippen LogP contribution in [0.3, 0.4) is 0 Å². The zero-order chi connectivity index (χ0) is 17.1. The van der Waals surface area contributed by atoms with E-state index < -0.39 is 0 Å². The number of aromatic nitrogens is 2. The highest BCUT2D eigenvalue weighted by Crippen LogP contribution is 2.28. The Hall–Kier alpha value is -1.66. The number of likely N-dealkylation sites (tertiary alicyclic amines) is 1. The first-order valence-electron chi connectivity index (χ1n) is 9.38. The van der Waals surface area contributed by atoms with E-state index in [4.69, 9.17) is 0 Å². The largest absolute Gasteiger partial charge is 0.355 e. The standard InChI is InChI=1S/C19H26N4OS/c24-19(20-7-10-22-8-2-1-3-9-22)15-4-5-18-21-12-17(23(18)13-15)16-6-11-25-14-16/h6,11-12,14-15H,1-5,7-10,13H2,(H,20,24). The highest BCUT2D eigenvalue weighted by Gasteiger charge is 2.27. The van der Waals surface area contributed by atoms with E-state index in [1.54, 1.807) is 11.3 Å². The fourth-order valence-corrected chi connectivity index (χ4v) is 4.60. The Bertz CT molecular complexity index is 703. The van der Waals surface area contributed by atoms with Crippen LogP contribution in [0.4, 0.5) is 0 Å². The molecule has 0 saturated carbocycles. The maximum absolute atomic E-state index is 12.6. The molecule has 25 heavy (non-hydrogen) atoms. The number of nitrogens with one attached hydrogen (secondary N) is 1. The molecule has 6 heteroatoms. The van der Waals surface area contributed by atoms with Crippen molar-refractivity contribution in [2.75, 3.05) is 26.2 Å². The molecule has 0 aliphatic carbocycles. The first-order chi connectivity index (χ1) is 12.3. The van der Waals surface area contributed by atoms with Gasteiger partial charge in [-0.1, -0.05) is 6.42 Å². The number of hydrogen-bond acceptors (Lipinski definition) is 4. The fourth-order valence-electron chi connectivity index (χ4n) is 3.95. The van der Waals surface area contributed by atoms with E-state index in [-0.39, 0.29) is 11.8 Å². The van der Waals surface area contributed by atoms with Gasteiger partial charge in [-0.25, -0.2) is 4.98 Å². The van der Waals surface area contributed by atoms with E-state index in [1.807, 2.05) is 6.20 Å². The molecule has 0 aromatic carbocycles. The van der Waals surface area contributed by atoms with Gasteiger partial charge in [-0.3, -0.25) is 4.79 Å². The zero-order valence-corrected chi connectivity index (χ0v) is 15.4. The number of fused-ring (bicyclic) bond motifs is 1. The van der Waals surface area contributed by atoms with Crippen LogP contribution in [-0.2, 0) is 17.8 Å². The van der Waals surface area contributed by atoms with Crippen molar-refractivity contribution < 1.29 is 4.79 Å². The van der Waals surface area contributed by atoms with Gasteiger partial charge in [-0.05, 0) is 43.8 Å². The van der Waals surface area contributed by atoms with Gasteiger partial charge in [-0.15, -0.1) is 0 Å². The van der Waals surface area contributed by atoms with Gasteiger partial charge < -0.3 is 14.8 Å². The van der Waals surface area contributed by atoms with Gasteiger partial charge in [0.25, 0.3) is 0 Å². The lowest BCUT2D eigenvalue weighted by molar-refractivity contribution is -0.126. The van der Waals surface area contributed by atoms with Gasteiger partial charge in [0, 0.05) is 37.0 Å². The van der Waals surface area contributed by atoms with Crippen molar-refractivity contribution in [3.63, 3.8) is 0 Å². The summed E-state index contributed by atoms with van der Waals surface area (Å²) in [6.07, 6.45) is 7.68. The number of hydrogen-bond donors (Lipinski definition) is 1. The van der Waals surface area contributed by atoms with Crippen molar-refractivity contribution in [3.8, 4) is 11.3 Å². The van der Waals surface area contributed by atoms with Crippen molar-refractivity contribution in [1.82, 2.24) is 19.8 Å². The van der Waals surface area contributed by atoms with Crippen LogP contribution in [0.25, 0.3) is 11.3 Å². The Morgan fingerprint density at radius 2 is 2.20 bits per heavy atom. The lowest BCUT2D eigenvalue weighted by Gasteiger charge is -2.27. The Kier molecular flexibility index (Phi) is 5.17. The summed E-state index contributed by atoms with van der Waals surface area (Å²) >= 11 is 1.70. The predicted octanol–water partition coefficient (Wildman–Crippen LogP) is 2.78. The molecule has 0 bridgehead atoms. The monoisotopic (exact) mass is 358 g/mol. The van der Waals surface area contributed by atoms with E-state index in [1.165, 1.54) is 37.9 Å². The van der Waals surface area contributed by atoms with Gasteiger partial charge >= 0.3 is 0 Å². The number of carbonyl (C=O) groups is 1. The van der Waals surface area contributed by atoms with Crippen LogP contribution in [0.15, 0.2) is 23.0 Å². The van der Waals surface area contributed by atoms with Crippen LogP contribution >= 0.6 is 11.3 Å². The summed E-state index contributed by atoms with van der Waals surface area (Å²) in [7, 11) is 0. The number of aryl methyl sites for hydroxylation is 1. The van der Waals surface area contributed by atoms with Crippen LogP contribution in [0.1, 0.15) is 31.5 Å². The van der Waals surface area contributed by atoms with Crippen molar-refractivity contribution in [2.45, 2.75) is 38.6 Å². The van der Waals surface area contributed by atoms with Crippen molar-refractivity contribution in [2.24, 2.45) is 5.92 Å². The van der Waals surface area contributed by atoms with E-state index >= 15 is 0 Å². The molecule has 4 heterocycles. The first-order valence-corrected chi connectivity index (χ1v) is 10.3. The highest BCUT2D eigenvalue weighted by molar-refractivity contribution is 7.08. The summed E-state index contributed by atoms with van der Waals surface area (Å²) in [5.41, 5.74) is 2.34. The molecule has 5 nitrogen and oxygen atoms in total. The predicted molar refractivity (Wildman–Crippen MR) is 101 cm³/mol. The molecular formula is C19H26N4OS. The van der Waals surface area contributed by atoms with Crippen LogP contribution in [0.2, 0.25) is 0 Å². The molecule has 2 aromatic rings. The van der Waals surface area contributed by atoms with Gasteiger partial charge in [0.1, 0.15) is 5.82 Å². The Labute approximate surface area is 153 Å². The molecule has 2 aliphatic rings. The quantitative estimate of drug-likeness (QED) is 0.894. The van der Waals surface area contributed by atoms with Gasteiger partial charge in [0.15, 0.2) is 0 Å². The van der Waals surface area contributed by atoms with Crippen molar-refractivity contribution in [3.05, 3.63) is 28.8 Å². The van der Waals surface area contributed by atoms with E-state index in [9.17, 15) is 4.79 Å². The summed E-state index contributed by atoms with van der Waals surface area (Å²) in [6.45, 7) is 4.86. The van der Waals surface area contributed by atoms with Crippen LogP contribution in [0.5, 0.6) is 0 Å².